The second kappa shape index (κ2) is 4.21. The molecule has 17 heavy (non-hydrogen) atoms. The molecule has 0 fully saturated rings. The van der Waals surface area contributed by atoms with E-state index in [1.54, 1.807) is 24.3 Å². The molecule has 2 N–H and O–H groups in total. The minimum absolute atomic E-state index is 0.0453. The van der Waals surface area contributed by atoms with E-state index in [-0.39, 0.29) is 11.3 Å². The molecule has 5 nitrogen and oxygen atoms in total. The van der Waals surface area contributed by atoms with E-state index in [4.69, 9.17) is 4.74 Å². The highest BCUT2D eigenvalue weighted by atomic mass is 16.5. The van der Waals surface area contributed by atoms with Crippen LogP contribution in [0.4, 0.5) is 0 Å². The van der Waals surface area contributed by atoms with Crippen molar-refractivity contribution in [2.75, 3.05) is 7.11 Å². The Morgan fingerprint density at radius 1 is 1.18 bits per heavy atom. The maximum Gasteiger partial charge on any atom is 0.379 e. The van der Waals surface area contributed by atoms with Gasteiger partial charge in [-0.1, -0.05) is 12.1 Å². The summed E-state index contributed by atoms with van der Waals surface area (Å²) < 4.78 is 9.40. The minimum atomic E-state index is -0.895. The van der Waals surface area contributed by atoms with Crippen molar-refractivity contribution in [3.05, 3.63) is 40.9 Å². The van der Waals surface area contributed by atoms with Crippen LogP contribution in [0, 0.1) is 0 Å². The van der Waals surface area contributed by atoms with Crippen molar-refractivity contribution >= 4 is 0 Å². The Bertz CT molecular complexity index is 583. The Morgan fingerprint density at radius 2 is 1.82 bits per heavy atom. The largest absolute Gasteiger partial charge is 0.504 e. The monoisotopic (exact) mass is 234 g/mol. The molecule has 0 aliphatic heterocycles. The van der Waals surface area contributed by atoms with Gasteiger partial charge < -0.3 is 19.4 Å². The van der Waals surface area contributed by atoms with Gasteiger partial charge in [0.1, 0.15) is 12.0 Å². The van der Waals surface area contributed by atoms with Gasteiger partial charge in [0.05, 0.1) is 12.7 Å². The highest BCUT2D eigenvalue weighted by Gasteiger charge is 2.14. The van der Waals surface area contributed by atoms with E-state index in [0.29, 0.717) is 11.3 Å². The summed E-state index contributed by atoms with van der Waals surface area (Å²) in [5.74, 6) is -0.280. The summed E-state index contributed by atoms with van der Waals surface area (Å²) in [5, 5.41) is 19.1. The quantitative estimate of drug-likeness (QED) is 0.827. The summed E-state index contributed by atoms with van der Waals surface area (Å²) in [4.78, 5) is 11.1. The molecule has 88 valence electrons. The number of hydrogen-bond donors (Lipinski definition) is 2. The fraction of sp³-hybridized carbons (Fsp3) is 0.0833. The van der Waals surface area contributed by atoms with Crippen molar-refractivity contribution in [3.8, 4) is 28.4 Å². The van der Waals surface area contributed by atoms with Gasteiger partial charge in [-0.05, 0) is 17.7 Å². The van der Waals surface area contributed by atoms with Gasteiger partial charge >= 0.3 is 5.63 Å². The molecule has 0 atom stereocenters. The SMILES string of the molecule is COc1ccc(-c2c(O)coc(=O)c2O)cc1. The molecule has 0 bridgehead atoms. The Morgan fingerprint density at radius 3 is 2.41 bits per heavy atom. The minimum Gasteiger partial charge on any atom is -0.504 e. The topological polar surface area (TPSA) is 79.9 Å². The number of ether oxygens (including phenoxy) is 1. The van der Waals surface area contributed by atoms with Gasteiger partial charge in [0.25, 0.3) is 0 Å². The van der Waals surface area contributed by atoms with Crippen LogP contribution in [0.15, 0.2) is 39.7 Å². The third kappa shape index (κ3) is 1.94. The fourth-order valence-corrected chi connectivity index (χ4v) is 1.49. The summed E-state index contributed by atoms with van der Waals surface area (Å²) in [5.41, 5.74) is -0.355. The lowest BCUT2D eigenvalue weighted by Crippen LogP contribution is -1.99. The van der Waals surface area contributed by atoms with Gasteiger partial charge in [0.2, 0.25) is 5.75 Å². The van der Waals surface area contributed by atoms with Crippen molar-refractivity contribution in [1.82, 2.24) is 0 Å². The molecule has 0 saturated carbocycles. The standard InChI is InChI=1S/C12H10O5/c1-16-8-4-2-7(3-5-8)10-9(13)6-17-12(15)11(10)14/h2-6,13-14H,1H3. The maximum absolute atomic E-state index is 11.1. The number of aromatic hydroxyl groups is 2. The summed E-state index contributed by atoms with van der Waals surface area (Å²) in [7, 11) is 1.53. The molecule has 1 aromatic heterocycles. The molecular formula is C12H10O5. The third-order valence-corrected chi connectivity index (χ3v) is 2.34. The lowest BCUT2D eigenvalue weighted by atomic mass is 10.1. The van der Waals surface area contributed by atoms with Crippen molar-refractivity contribution in [2.45, 2.75) is 0 Å². The lowest BCUT2D eigenvalue weighted by Gasteiger charge is -2.06. The average molecular weight is 234 g/mol. The smallest absolute Gasteiger partial charge is 0.379 e. The normalized spacial score (nSPS) is 10.2. The second-order valence-electron chi connectivity index (χ2n) is 3.36. The zero-order chi connectivity index (χ0) is 12.4. The first kappa shape index (κ1) is 11.1. The molecule has 5 heteroatoms. The summed E-state index contributed by atoms with van der Waals surface area (Å²) in [6, 6.07) is 6.55. The van der Waals surface area contributed by atoms with Gasteiger partial charge in [0.15, 0.2) is 5.75 Å². The van der Waals surface area contributed by atoms with Crippen LogP contribution in [0.2, 0.25) is 0 Å². The molecule has 0 aliphatic rings. The summed E-state index contributed by atoms with van der Waals surface area (Å²) in [6.45, 7) is 0. The van der Waals surface area contributed by atoms with E-state index in [1.165, 1.54) is 7.11 Å². The van der Waals surface area contributed by atoms with E-state index < -0.39 is 11.4 Å². The Hall–Kier alpha value is -2.43. The van der Waals surface area contributed by atoms with Crippen LogP contribution < -0.4 is 10.4 Å². The molecule has 1 aromatic carbocycles. The average Bonchev–Trinajstić information content (AvgIpc) is 2.35. The Kier molecular flexibility index (Phi) is 2.74. The van der Waals surface area contributed by atoms with E-state index in [1.807, 2.05) is 0 Å². The number of rotatable bonds is 2. The van der Waals surface area contributed by atoms with Crippen molar-refractivity contribution in [3.63, 3.8) is 0 Å². The van der Waals surface area contributed by atoms with E-state index >= 15 is 0 Å². The van der Waals surface area contributed by atoms with Crippen molar-refractivity contribution in [1.29, 1.82) is 0 Å². The van der Waals surface area contributed by atoms with Crippen LogP contribution in [0.1, 0.15) is 0 Å². The van der Waals surface area contributed by atoms with Crippen LogP contribution in [0.3, 0.4) is 0 Å². The molecular weight excluding hydrogens is 224 g/mol. The van der Waals surface area contributed by atoms with E-state index in [2.05, 4.69) is 4.42 Å². The number of benzene rings is 1. The van der Waals surface area contributed by atoms with Gasteiger partial charge in [-0.2, -0.15) is 0 Å². The van der Waals surface area contributed by atoms with Crippen LogP contribution in [-0.4, -0.2) is 17.3 Å². The number of hydrogen-bond acceptors (Lipinski definition) is 5. The molecule has 2 aromatic rings. The van der Waals surface area contributed by atoms with Crippen LogP contribution >= 0.6 is 0 Å². The predicted molar refractivity (Wildman–Crippen MR) is 60.3 cm³/mol. The predicted octanol–water partition coefficient (Wildman–Crippen LogP) is 1.73. The highest BCUT2D eigenvalue weighted by Crippen LogP contribution is 2.35. The van der Waals surface area contributed by atoms with Gasteiger partial charge in [-0.15, -0.1) is 0 Å². The first-order valence-corrected chi connectivity index (χ1v) is 4.81. The number of methoxy groups -OCH3 is 1. The Balaban J connectivity index is 2.59. The van der Waals surface area contributed by atoms with E-state index in [0.717, 1.165) is 6.26 Å². The molecule has 0 unspecified atom stereocenters. The highest BCUT2D eigenvalue weighted by molar-refractivity contribution is 5.75. The zero-order valence-electron chi connectivity index (χ0n) is 9.01. The Labute approximate surface area is 96.5 Å². The summed E-state index contributed by atoms with van der Waals surface area (Å²) >= 11 is 0. The zero-order valence-corrected chi connectivity index (χ0v) is 9.01. The molecule has 1 heterocycles. The second-order valence-corrected chi connectivity index (χ2v) is 3.36. The molecule has 0 amide bonds. The van der Waals surface area contributed by atoms with Crippen LogP contribution in [-0.2, 0) is 0 Å². The molecule has 0 aliphatic carbocycles. The molecule has 0 spiro atoms. The lowest BCUT2D eigenvalue weighted by molar-refractivity contribution is 0.382. The van der Waals surface area contributed by atoms with Gasteiger partial charge in [0, 0.05) is 0 Å². The third-order valence-electron chi connectivity index (χ3n) is 2.34. The molecule has 2 rings (SSSR count). The van der Waals surface area contributed by atoms with Crippen molar-refractivity contribution in [2.24, 2.45) is 0 Å². The first-order chi connectivity index (χ1) is 8.13. The van der Waals surface area contributed by atoms with Crippen molar-refractivity contribution < 1.29 is 19.4 Å². The fourth-order valence-electron chi connectivity index (χ4n) is 1.49. The van der Waals surface area contributed by atoms with E-state index in [9.17, 15) is 15.0 Å². The first-order valence-electron chi connectivity index (χ1n) is 4.81. The van der Waals surface area contributed by atoms with Gasteiger partial charge in [-0.25, -0.2) is 4.79 Å². The molecule has 0 saturated heterocycles. The maximum atomic E-state index is 11.1. The van der Waals surface area contributed by atoms with Crippen LogP contribution in [0.25, 0.3) is 11.1 Å². The molecule has 0 radical (unpaired) electrons. The van der Waals surface area contributed by atoms with Gasteiger partial charge in [-0.3, -0.25) is 0 Å². The summed E-state index contributed by atoms with van der Waals surface area (Å²) in [6.07, 6.45) is 0.890. The van der Waals surface area contributed by atoms with Crippen LogP contribution in [0.5, 0.6) is 17.2 Å².